The number of rotatable bonds is 11. The number of ketones is 1. The second-order valence-corrected chi connectivity index (χ2v) is 6.98. The van der Waals surface area contributed by atoms with E-state index < -0.39 is 11.6 Å². The standard InChI is InChI=1S/C23H29NO4/c1-4-21(25)23(17-19-11-7-5-8-12-19,22(26)27-16-15-24(2)3)28-18-20-13-9-6-10-14-20/h5-14H,4,15-18H2,1-3H3. The van der Waals surface area contributed by atoms with E-state index in [4.69, 9.17) is 9.47 Å². The topological polar surface area (TPSA) is 55.8 Å². The van der Waals surface area contributed by atoms with Crippen LogP contribution in [0.15, 0.2) is 60.7 Å². The van der Waals surface area contributed by atoms with E-state index in [9.17, 15) is 9.59 Å². The second-order valence-electron chi connectivity index (χ2n) is 6.98. The molecule has 0 radical (unpaired) electrons. The number of hydrogen-bond donors (Lipinski definition) is 0. The number of hydrogen-bond acceptors (Lipinski definition) is 5. The molecule has 2 aromatic carbocycles. The van der Waals surface area contributed by atoms with Crippen molar-refractivity contribution in [2.45, 2.75) is 32.0 Å². The first-order valence-corrected chi connectivity index (χ1v) is 9.55. The molecular weight excluding hydrogens is 354 g/mol. The van der Waals surface area contributed by atoms with Gasteiger partial charge in [0.2, 0.25) is 5.60 Å². The van der Waals surface area contributed by atoms with Crippen molar-refractivity contribution in [1.29, 1.82) is 0 Å². The summed E-state index contributed by atoms with van der Waals surface area (Å²) in [5.74, 6) is -0.900. The molecule has 0 aromatic heterocycles. The Morgan fingerprint density at radius 2 is 1.50 bits per heavy atom. The lowest BCUT2D eigenvalue weighted by molar-refractivity contribution is -0.179. The van der Waals surface area contributed by atoms with Gasteiger partial charge in [-0.1, -0.05) is 67.6 Å². The summed E-state index contributed by atoms with van der Waals surface area (Å²) < 4.78 is 11.5. The van der Waals surface area contributed by atoms with Gasteiger partial charge in [-0.3, -0.25) is 4.79 Å². The lowest BCUT2D eigenvalue weighted by Gasteiger charge is -2.30. The fraction of sp³-hybridized carbons (Fsp3) is 0.391. The van der Waals surface area contributed by atoms with Gasteiger partial charge in [0.1, 0.15) is 6.61 Å². The summed E-state index contributed by atoms with van der Waals surface area (Å²) in [6, 6.07) is 18.9. The molecule has 0 N–H and O–H groups in total. The summed E-state index contributed by atoms with van der Waals surface area (Å²) in [4.78, 5) is 28.0. The van der Waals surface area contributed by atoms with Crippen LogP contribution in [0.2, 0.25) is 0 Å². The Labute approximate surface area is 167 Å². The summed E-state index contributed by atoms with van der Waals surface area (Å²) in [5, 5.41) is 0. The molecule has 150 valence electrons. The maximum atomic E-state index is 13.1. The van der Waals surface area contributed by atoms with E-state index in [0.717, 1.165) is 11.1 Å². The highest BCUT2D eigenvalue weighted by Gasteiger charge is 2.47. The second kappa shape index (κ2) is 10.7. The number of esters is 1. The average Bonchev–Trinajstić information content (AvgIpc) is 2.71. The number of carbonyl (C=O) groups is 2. The van der Waals surface area contributed by atoms with Crippen LogP contribution in [0.25, 0.3) is 0 Å². The number of benzene rings is 2. The van der Waals surface area contributed by atoms with Crippen LogP contribution in [0.1, 0.15) is 24.5 Å². The van der Waals surface area contributed by atoms with E-state index in [-0.39, 0.29) is 31.8 Å². The van der Waals surface area contributed by atoms with Crippen LogP contribution >= 0.6 is 0 Å². The van der Waals surface area contributed by atoms with Crippen LogP contribution in [0.5, 0.6) is 0 Å². The minimum Gasteiger partial charge on any atom is -0.462 e. The van der Waals surface area contributed by atoms with E-state index in [1.165, 1.54) is 0 Å². The molecule has 2 aromatic rings. The predicted molar refractivity (Wildman–Crippen MR) is 109 cm³/mol. The zero-order valence-electron chi connectivity index (χ0n) is 16.9. The smallest absolute Gasteiger partial charge is 0.346 e. The third-order valence-corrected chi connectivity index (χ3v) is 4.50. The molecule has 5 heteroatoms. The van der Waals surface area contributed by atoms with Gasteiger partial charge in [0.05, 0.1) is 6.61 Å². The maximum Gasteiger partial charge on any atom is 0.346 e. The molecule has 0 saturated carbocycles. The van der Waals surface area contributed by atoms with Gasteiger partial charge in [0.25, 0.3) is 0 Å². The van der Waals surface area contributed by atoms with E-state index in [1.807, 2.05) is 79.7 Å². The van der Waals surface area contributed by atoms with Gasteiger partial charge >= 0.3 is 5.97 Å². The van der Waals surface area contributed by atoms with Crippen molar-refractivity contribution in [2.75, 3.05) is 27.2 Å². The first kappa shape index (κ1) is 21.8. The van der Waals surface area contributed by atoms with Crippen molar-refractivity contribution in [3.63, 3.8) is 0 Å². The van der Waals surface area contributed by atoms with Crippen LogP contribution in [0, 0.1) is 0 Å². The zero-order valence-corrected chi connectivity index (χ0v) is 16.9. The SMILES string of the molecule is CCC(=O)C(Cc1ccccc1)(OCc1ccccc1)C(=O)OCCN(C)C. The molecule has 2 rings (SSSR count). The van der Waals surface area contributed by atoms with Crippen molar-refractivity contribution in [3.8, 4) is 0 Å². The number of likely N-dealkylation sites (N-methyl/N-ethyl adjacent to an activating group) is 1. The number of nitrogens with zero attached hydrogens (tertiary/aromatic N) is 1. The average molecular weight is 383 g/mol. The van der Waals surface area contributed by atoms with Crippen molar-refractivity contribution >= 4 is 11.8 Å². The van der Waals surface area contributed by atoms with Crippen LogP contribution < -0.4 is 0 Å². The van der Waals surface area contributed by atoms with E-state index in [2.05, 4.69) is 0 Å². The van der Waals surface area contributed by atoms with E-state index in [1.54, 1.807) is 6.92 Å². The van der Waals surface area contributed by atoms with Gasteiger partial charge in [-0.15, -0.1) is 0 Å². The lowest BCUT2D eigenvalue weighted by Crippen LogP contribution is -2.52. The normalized spacial score (nSPS) is 13.1. The first-order valence-electron chi connectivity index (χ1n) is 9.55. The molecule has 0 amide bonds. The fourth-order valence-electron chi connectivity index (χ4n) is 2.86. The number of Topliss-reactive ketones (excluding diaryl/α,β-unsaturated/α-hetero) is 1. The highest BCUT2D eigenvalue weighted by molar-refractivity contribution is 6.07. The molecule has 0 aliphatic rings. The van der Waals surface area contributed by atoms with Gasteiger partial charge in [0, 0.05) is 19.4 Å². The number of ether oxygens (including phenoxy) is 2. The Bertz CT molecular complexity index is 746. The highest BCUT2D eigenvalue weighted by Crippen LogP contribution is 2.25. The van der Waals surface area contributed by atoms with Crippen molar-refractivity contribution in [3.05, 3.63) is 71.8 Å². The molecule has 1 unspecified atom stereocenters. The highest BCUT2D eigenvalue weighted by atomic mass is 16.6. The molecule has 0 fully saturated rings. The van der Waals surface area contributed by atoms with Crippen LogP contribution in [0.3, 0.4) is 0 Å². The summed E-state index contributed by atoms with van der Waals surface area (Å²) in [6.07, 6.45) is 0.332. The van der Waals surface area contributed by atoms with Crippen LogP contribution in [-0.4, -0.2) is 49.5 Å². The third-order valence-electron chi connectivity index (χ3n) is 4.50. The summed E-state index contributed by atoms with van der Waals surface area (Å²) in [7, 11) is 3.79. The lowest BCUT2D eigenvalue weighted by atomic mass is 9.88. The molecular formula is C23H29NO4. The molecule has 0 aliphatic heterocycles. The molecule has 0 heterocycles. The monoisotopic (exact) mass is 383 g/mol. The Morgan fingerprint density at radius 3 is 2.04 bits per heavy atom. The Hall–Kier alpha value is -2.50. The fourth-order valence-corrected chi connectivity index (χ4v) is 2.86. The van der Waals surface area contributed by atoms with Gasteiger partial charge in [-0.25, -0.2) is 4.79 Å². The van der Waals surface area contributed by atoms with Gasteiger partial charge in [-0.05, 0) is 25.2 Å². The Kier molecular flexibility index (Phi) is 8.36. The molecule has 0 saturated heterocycles. The molecule has 1 atom stereocenters. The molecule has 28 heavy (non-hydrogen) atoms. The molecule has 0 aliphatic carbocycles. The predicted octanol–water partition coefficient (Wildman–Crippen LogP) is 3.27. The molecule has 0 bridgehead atoms. The minimum atomic E-state index is -1.65. The number of carbonyl (C=O) groups excluding carboxylic acids is 2. The third kappa shape index (κ3) is 6.01. The quantitative estimate of drug-likeness (QED) is 0.440. The van der Waals surface area contributed by atoms with Crippen LogP contribution in [0.4, 0.5) is 0 Å². The van der Waals surface area contributed by atoms with Crippen molar-refractivity contribution in [2.24, 2.45) is 0 Å². The minimum absolute atomic E-state index is 0.147. The van der Waals surface area contributed by atoms with Crippen LogP contribution in [-0.2, 0) is 32.1 Å². The first-order chi connectivity index (χ1) is 13.5. The van der Waals surface area contributed by atoms with Gasteiger partial charge < -0.3 is 14.4 Å². The van der Waals surface area contributed by atoms with E-state index >= 15 is 0 Å². The zero-order chi connectivity index (χ0) is 20.4. The molecule has 5 nitrogen and oxygen atoms in total. The van der Waals surface area contributed by atoms with Crippen molar-refractivity contribution in [1.82, 2.24) is 4.90 Å². The van der Waals surface area contributed by atoms with Gasteiger partial charge in [0.15, 0.2) is 5.78 Å². The Morgan fingerprint density at radius 1 is 0.929 bits per heavy atom. The summed E-state index contributed by atoms with van der Waals surface area (Å²) >= 11 is 0. The Balaban J connectivity index is 2.30. The summed E-state index contributed by atoms with van der Waals surface area (Å²) in [5.41, 5.74) is 0.0879. The maximum absolute atomic E-state index is 13.1. The largest absolute Gasteiger partial charge is 0.462 e. The molecule has 0 spiro atoms. The van der Waals surface area contributed by atoms with Crippen molar-refractivity contribution < 1.29 is 19.1 Å². The summed E-state index contributed by atoms with van der Waals surface area (Å²) in [6.45, 7) is 2.67. The van der Waals surface area contributed by atoms with E-state index in [0.29, 0.717) is 6.54 Å². The van der Waals surface area contributed by atoms with Gasteiger partial charge in [-0.2, -0.15) is 0 Å².